The van der Waals surface area contributed by atoms with Gasteiger partial charge in [0.05, 0.1) is 24.8 Å². The second kappa shape index (κ2) is 8.42. The van der Waals surface area contributed by atoms with Crippen LogP contribution in [0.3, 0.4) is 0 Å². The van der Waals surface area contributed by atoms with Gasteiger partial charge in [-0.15, -0.1) is 0 Å². The average Bonchev–Trinajstić information content (AvgIpc) is 3.02. The van der Waals surface area contributed by atoms with E-state index in [1.807, 2.05) is 31.2 Å². The molecule has 0 radical (unpaired) electrons. The summed E-state index contributed by atoms with van der Waals surface area (Å²) in [7, 11) is 0. The van der Waals surface area contributed by atoms with E-state index in [9.17, 15) is 9.59 Å². The van der Waals surface area contributed by atoms with Gasteiger partial charge in [-0.3, -0.25) is 14.6 Å². The molecule has 1 aliphatic rings. The van der Waals surface area contributed by atoms with Crippen LogP contribution in [0.15, 0.2) is 42.7 Å². The normalized spacial score (nSPS) is 16.6. The maximum absolute atomic E-state index is 12.5. The lowest BCUT2D eigenvalue weighted by Gasteiger charge is -2.16. The molecule has 2 aromatic heterocycles. The van der Waals surface area contributed by atoms with Crippen LogP contribution in [0.1, 0.15) is 24.6 Å². The van der Waals surface area contributed by atoms with Crippen LogP contribution in [-0.4, -0.2) is 39.8 Å². The molecule has 0 aliphatic carbocycles. The Hall–Kier alpha value is -2.96. The first-order chi connectivity index (χ1) is 12.7. The minimum absolute atomic E-state index is 0.0211. The van der Waals surface area contributed by atoms with Gasteiger partial charge in [-0.1, -0.05) is 12.1 Å². The Balaban J connectivity index is 1.55. The zero-order valence-corrected chi connectivity index (χ0v) is 14.7. The van der Waals surface area contributed by atoms with E-state index in [1.165, 1.54) is 0 Å². The van der Waals surface area contributed by atoms with Crippen LogP contribution in [0.4, 0.5) is 0 Å². The molecule has 3 heterocycles. The molecular weight excluding hydrogens is 332 g/mol. The molecule has 7 nitrogen and oxygen atoms in total. The van der Waals surface area contributed by atoms with Crippen molar-refractivity contribution in [1.29, 1.82) is 0 Å². The fourth-order valence-corrected chi connectivity index (χ4v) is 2.94. The van der Waals surface area contributed by atoms with Crippen molar-refractivity contribution < 1.29 is 14.3 Å². The number of carbonyl (C=O) groups excluding carboxylic acids is 2. The molecule has 0 aromatic carbocycles. The number of pyridine rings is 2. The van der Waals surface area contributed by atoms with E-state index < -0.39 is 0 Å². The van der Waals surface area contributed by atoms with Crippen LogP contribution in [0, 0.1) is 5.92 Å². The van der Waals surface area contributed by atoms with Gasteiger partial charge in [0.15, 0.2) is 0 Å². The third-order valence-corrected chi connectivity index (χ3v) is 4.25. The van der Waals surface area contributed by atoms with Crippen LogP contribution in [0.2, 0.25) is 0 Å². The number of nitrogens with one attached hydrogen (secondary N) is 1. The maximum atomic E-state index is 12.5. The highest BCUT2D eigenvalue weighted by atomic mass is 16.5. The van der Waals surface area contributed by atoms with Crippen molar-refractivity contribution in [2.24, 2.45) is 5.92 Å². The van der Waals surface area contributed by atoms with Crippen molar-refractivity contribution in [3.05, 3.63) is 54.0 Å². The molecule has 3 rings (SSSR count). The molecule has 1 aliphatic heterocycles. The lowest BCUT2D eigenvalue weighted by Crippen LogP contribution is -2.32. The van der Waals surface area contributed by atoms with Gasteiger partial charge in [0.25, 0.3) is 0 Å². The fourth-order valence-electron chi connectivity index (χ4n) is 2.94. The van der Waals surface area contributed by atoms with Crippen molar-refractivity contribution in [3.8, 4) is 5.88 Å². The molecule has 1 N–H and O–H groups in total. The number of ether oxygens (including phenoxy) is 1. The first kappa shape index (κ1) is 17.8. The van der Waals surface area contributed by atoms with E-state index in [0.29, 0.717) is 32.1 Å². The lowest BCUT2D eigenvalue weighted by molar-refractivity contribution is -0.129. The third-order valence-electron chi connectivity index (χ3n) is 4.25. The van der Waals surface area contributed by atoms with E-state index in [0.717, 1.165) is 11.3 Å². The van der Waals surface area contributed by atoms with Crippen LogP contribution >= 0.6 is 0 Å². The summed E-state index contributed by atoms with van der Waals surface area (Å²) >= 11 is 0. The Bertz CT molecular complexity index is 766. The number of aromatic nitrogens is 2. The predicted molar refractivity (Wildman–Crippen MR) is 95.0 cm³/mol. The van der Waals surface area contributed by atoms with E-state index >= 15 is 0 Å². The molecule has 2 aromatic rings. The maximum Gasteiger partial charge on any atom is 0.225 e. The third kappa shape index (κ3) is 4.36. The Kier molecular flexibility index (Phi) is 5.78. The minimum atomic E-state index is -0.349. The number of amides is 2. The zero-order chi connectivity index (χ0) is 18.4. The molecule has 0 bridgehead atoms. The summed E-state index contributed by atoms with van der Waals surface area (Å²) < 4.78 is 5.46. The number of hydrogen-bond acceptors (Lipinski definition) is 5. The summed E-state index contributed by atoms with van der Waals surface area (Å²) in [6.07, 6.45) is 3.58. The van der Waals surface area contributed by atoms with E-state index in [2.05, 4.69) is 15.3 Å². The van der Waals surface area contributed by atoms with E-state index in [-0.39, 0.29) is 24.2 Å². The van der Waals surface area contributed by atoms with Gasteiger partial charge in [0.1, 0.15) is 0 Å². The standard InChI is InChI=1S/C19H22N4O3/c1-2-26-19-14(6-5-9-21-19)11-22-18(25)15-10-17(24)23(12-15)13-16-7-3-4-8-20-16/h3-9,15H,2,10-13H2,1H3,(H,22,25). The fraction of sp³-hybridized carbons (Fsp3) is 0.368. The summed E-state index contributed by atoms with van der Waals surface area (Å²) in [6, 6.07) is 9.26. The number of carbonyl (C=O) groups is 2. The number of rotatable bonds is 7. The molecule has 1 atom stereocenters. The van der Waals surface area contributed by atoms with E-state index in [4.69, 9.17) is 4.74 Å². The lowest BCUT2D eigenvalue weighted by atomic mass is 10.1. The molecule has 136 valence electrons. The van der Waals surface area contributed by atoms with Gasteiger partial charge in [-0.25, -0.2) is 4.98 Å². The van der Waals surface area contributed by atoms with Crippen molar-refractivity contribution in [3.63, 3.8) is 0 Å². The molecule has 1 unspecified atom stereocenters. The van der Waals surface area contributed by atoms with Crippen LogP contribution < -0.4 is 10.1 Å². The summed E-state index contributed by atoms with van der Waals surface area (Å²) in [6.45, 7) is 3.56. The molecule has 7 heteroatoms. The molecule has 0 saturated carbocycles. The van der Waals surface area contributed by atoms with Crippen molar-refractivity contribution in [2.75, 3.05) is 13.2 Å². The van der Waals surface area contributed by atoms with Gasteiger partial charge in [0, 0.05) is 37.5 Å². The Labute approximate surface area is 152 Å². The monoisotopic (exact) mass is 354 g/mol. The topological polar surface area (TPSA) is 84.4 Å². The van der Waals surface area contributed by atoms with Crippen molar-refractivity contribution >= 4 is 11.8 Å². The van der Waals surface area contributed by atoms with Crippen molar-refractivity contribution in [1.82, 2.24) is 20.2 Å². The minimum Gasteiger partial charge on any atom is -0.478 e. The van der Waals surface area contributed by atoms with Gasteiger partial charge >= 0.3 is 0 Å². The smallest absolute Gasteiger partial charge is 0.225 e. The molecule has 2 amide bonds. The van der Waals surface area contributed by atoms with Gasteiger partial charge < -0.3 is 15.0 Å². The second-order valence-electron chi connectivity index (χ2n) is 6.11. The first-order valence-corrected chi connectivity index (χ1v) is 8.69. The van der Waals surface area contributed by atoms with Gasteiger partial charge in [0.2, 0.25) is 17.7 Å². The molecule has 26 heavy (non-hydrogen) atoms. The Morgan fingerprint density at radius 2 is 2.12 bits per heavy atom. The van der Waals surface area contributed by atoms with Crippen LogP contribution in [0.5, 0.6) is 5.88 Å². The first-order valence-electron chi connectivity index (χ1n) is 8.69. The largest absolute Gasteiger partial charge is 0.478 e. The number of hydrogen-bond donors (Lipinski definition) is 1. The highest BCUT2D eigenvalue weighted by Gasteiger charge is 2.34. The van der Waals surface area contributed by atoms with Crippen LogP contribution in [-0.2, 0) is 22.7 Å². The zero-order valence-electron chi connectivity index (χ0n) is 14.7. The predicted octanol–water partition coefficient (Wildman–Crippen LogP) is 1.54. The quantitative estimate of drug-likeness (QED) is 0.815. The molecule has 1 saturated heterocycles. The second-order valence-corrected chi connectivity index (χ2v) is 6.11. The molecular formula is C19H22N4O3. The summed E-state index contributed by atoms with van der Waals surface area (Å²) in [5, 5.41) is 2.89. The van der Waals surface area contributed by atoms with Crippen molar-refractivity contribution in [2.45, 2.75) is 26.4 Å². The summed E-state index contributed by atoms with van der Waals surface area (Å²) in [5.74, 6) is 0.0216. The summed E-state index contributed by atoms with van der Waals surface area (Å²) in [5.41, 5.74) is 1.64. The Morgan fingerprint density at radius 1 is 1.27 bits per heavy atom. The highest BCUT2D eigenvalue weighted by Crippen LogP contribution is 2.20. The number of nitrogens with zero attached hydrogens (tertiary/aromatic N) is 3. The van der Waals surface area contributed by atoms with Crippen LogP contribution in [0.25, 0.3) is 0 Å². The van der Waals surface area contributed by atoms with Gasteiger partial charge in [-0.2, -0.15) is 0 Å². The highest BCUT2D eigenvalue weighted by molar-refractivity contribution is 5.89. The SMILES string of the molecule is CCOc1ncccc1CNC(=O)C1CC(=O)N(Cc2ccccn2)C1. The summed E-state index contributed by atoms with van der Waals surface area (Å²) in [4.78, 5) is 34.7. The molecule has 0 spiro atoms. The molecule has 1 fully saturated rings. The average molecular weight is 354 g/mol. The van der Waals surface area contributed by atoms with E-state index in [1.54, 1.807) is 23.4 Å². The number of likely N-dealkylation sites (tertiary alicyclic amines) is 1. The van der Waals surface area contributed by atoms with Gasteiger partial charge in [-0.05, 0) is 25.1 Å². The Morgan fingerprint density at radius 3 is 2.88 bits per heavy atom.